The smallest absolute Gasteiger partial charge is 0.0741 e. The van der Waals surface area contributed by atoms with Gasteiger partial charge in [0.25, 0.3) is 0 Å². The lowest BCUT2D eigenvalue weighted by molar-refractivity contribution is 0.0732. The lowest BCUT2D eigenvalue weighted by Crippen LogP contribution is -2.27. The fourth-order valence-electron chi connectivity index (χ4n) is 2.51. The second-order valence-electron chi connectivity index (χ2n) is 4.94. The van der Waals surface area contributed by atoms with Crippen LogP contribution in [0.15, 0.2) is 35.4 Å². The maximum Gasteiger partial charge on any atom is 0.0741 e. The Balaban J connectivity index is 1.72. The van der Waals surface area contributed by atoms with Crippen LogP contribution in [-0.2, 0) is 0 Å². The number of aromatic amines is 1. The molecule has 90 valence electrons. The minimum absolute atomic E-state index is 0.429. The molecule has 0 unspecified atom stereocenters. The van der Waals surface area contributed by atoms with Crippen LogP contribution in [0.4, 0.5) is 0 Å². The van der Waals surface area contributed by atoms with Crippen LogP contribution in [0.25, 0.3) is 10.9 Å². The van der Waals surface area contributed by atoms with Crippen molar-refractivity contribution in [3.05, 3.63) is 30.3 Å². The molecule has 1 aromatic heterocycles. The molecule has 1 fully saturated rings. The van der Waals surface area contributed by atoms with E-state index in [2.05, 4.69) is 29.2 Å². The summed E-state index contributed by atoms with van der Waals surface area (Å²) >= 11 is 1.74. The molecule has 0 bridgehead atoms. The van der Waals surface area contributed by atoms with Crippen LogP contribution in [-0.4, -0.2) is 21.4 Å². The van der Waals surface area contributed by atoms with Crippen molar-refractivity contribution < 1.29 is 5.11 Å². The van der Waals surface area contributed by atoms with Crippen molar-refractivity contribution in [1.29, 1.82) is 0 Å². The molecule has 1 aromatic carbocycles. The lowest BCUT2D eigenvalue weighted by Gasteiger charge is -2.20. The van der Waals surface area contributed by atoms with Crippen molar-refractivity contribution in [1.82, 2.24) is 4.98 Å². The molecule has 3 rings (SSSR count). The molecular weight excluding hydrogens is 230 g/mol. The first kappa shape index (κ1) is 11.2. The number of fused-ring (bicyclic) bond motifs is 1. The zero-order valence-corrected chi connectivity index (χ0v) is 10.6. The molecule has 1 saturated carbocycles. The first-order chi connectivity index (χ1) is 8.25. The minimum atomic E-state index is -0.429. The number of hydrogen-bond donors (Lipinski definition) is 2. The molecule has 0 saturated heterocycles. The van der Waals surface area contributed by atoms with E-state index in [-0.39, 0.29) is 0 Å². The van der Waals surface area contributed by atoms with Gasteiger partial charge in [-0.2, -0.15) is 0 Å². The van der Waals surface area contributed by atoms with Gasteiger partial charge >= 0.3 is 0 Å². The summed E-state index contributed by atoms with van der Waals surface area (Å²) in [7, 11) is 0. The van der Waals surface area contributed by atoms with Gasteiger partial charge in [0.1, 0.15) is 0 Å². The molecule has 0 amide bonds. The average Bonchev–Trinajstić information content (AvgIpc) is 2.93. The largest absolute Gasteiger partial charge is 0.389 e. The van der Waals surface area contributed by atoms with Gasteiger partial charge in [-0.05, 0) is 25.0 Å². The summed E-state index contributed by atoms with van der Waals surface area (Å²) in [5.74, 6) is 0.805. The monoisotopic (exact) mass is 247 g/mol. The number of aliphatic hydroxyl groups is 1. The van der Waals surface area contributed by atoms with Crippen molar-refractivity contribution in [2.45, 2.75) is 36.3 Å². The number of H-pyrrole nitrogens is 1. The quantitative estimate of drug-likeness (QED) is 0.813. The first-order valence-electron chi connectivity index (χ1n) is 6.18. The van der Waals surface area contributed by atoms with Gasteiger partial charge in [-0.25, -0.2) is 0 Å². The van der Waals surface area contributed by atoms with Crippen molar-refractivity contribution in [2.24, 2.45) is 0 Å². The van der Waals surface area contributed by atoms with E-state index in [4.69, 9.17) is 0 Å². The minimum Gasteiger partial charge on any atom is -0.389 e. The van der Waals surface area contributed by atoms with Gasteiger partial charge in [0.2, 0.25) is 0 Å². The maximum atomic E-state index is 10.3. The highest BCUT2D eigenvalue weighted by atomic mass is 32.2. The molecule has 3 heteroatoms. The SMILES string of the molecule is OC1(CSc2cc3ccccc3[nH]2)CCCC1. The van der Waals surface area contributed by atoms with Crippen LogP contribution in [0, 0.1) is 0 Å². The first-order valence-corrected chi connectivity index (χ1v) is 7.17. The number of aromatic nitrogens is 1. The maximum absolute atomic E-state index is 10.3. The highest BCUT2D eigenvalue weighted by molar-refractivity contribution is 7.99. The molecule has 0 aliphatic heterocycles. The summed E-state index contributed by atoms with van der Waals surface area (Å²) in [6, 6.07) is 10.5. The Labute approximate surface area is 105 Å². The molecule has 0 spiro atoms. The normalized spacial score (nSPS) is 18.9. The van der Waals surface area contributed by atoms with Crippen LogP contribution in [0.1, 0.15) is 25.7 Å². The van der Waals surface area contributed by atoms with Crippen molar-refractivity contribution in [3.8, 4) is 0 Å². The standard InChI is InChI=1S/C14H17NOS/c16-14(7-3-4-8-14)10-17-13-9-11-5-1-2-6-12(11)15-13/h1-2,5-6,9,15-16H,3-4,7-8,10H2. The third kappa shape index (κ3) is 2.35. The van der Waals surface area contributed by atoms with E-state index in [0.717, 1.165) is 23.6 Å². The summed E-state index contributed by atoms with van der Waals surface area (Å²) in [6.07, 6.45) is 4.26. The fraction of sp³-hybridized carbons (Fsp3) is 0.429. The van der Waals surface area contributed by atoms with E-state index in [1.807, 2.05) is 6.07 Å². The zero-order chi connectivity index (χ0) is 11.7. The number of rotatable bonds is 3. The number of para-hydroxylation sites is 1. The number of thioether (sulfide) groups is 1. The summed E-state index contributed by atoms with van der Waals surface area (Å²) in [4.78, 5) is 3.39. The third-order valence-electron chi connectivity index (χ3n) is 3.54. The van der Waals surface area contributed by atoms with E-state index >= 15 is 0 Å². The highest BCUT2D eigenvalue weighted by Gasteiger charge is 2.31. The van der Waals surface area contributed by atoms with E-state index in [1.54, 1.807) is 11.8 Å². The molecule has 17 heavy (non-hydrogen) atoms. The Morgan fingerprint density at radius 3 is 2.76 bits per heavy atom. The van der Waals surface area contributed by atoms with E-state index in [9.17, 15) is 5.11 Å². The van der Waals surface area contributed by atoms with Crippen molar-refractivity contribution >= 4 is 22.7 Å². The third-order valence-corrected chi connectivity index (χ3v) is 4.75. The Kier molecular flexibility index (Phi) is 2.89. The molecule has 0 radical (unpaired) electrons. The molecular formula is C14H17NOS. The van der Waals surface area contributed by atoms with Gasteiger partial charge in [0, 0.05) is 16.7 Å². The van der Waals surface area contributed by atoms with E-state index in [1.165, 1.54) is 23.7 Å². The Morgan fingerprint density at radius 1 is 1.24 bits per heavy atom. The van der Waals surface area contributed by atoms with Gasteiger partial charge in [-0.1, -0.05) is 31.0 Å². The second-order valence-corrected chi connectivity index (χ2v) is 5.96. The molecule has 1 aliphatic rings. The van der Waals surface area contributed by atoms with Crippen LogP contribution < -0.4 is 0 Å². The van der Waals surface area contributed by atoms with Crippen LogP contribution in [0.5, 0.6) is 0 Å². The fourth-order valence-corrected chi connectivity index (χ4v) is 3.62. The summed E-state index contributed by atoms with van der Waals surface area (Å²) in [5.41, 5.74) is 0.746. The number of benzene rings is 1. The molecule has 2 aromatic rings. The summed E-state index contributed by atoms with van der Waals surface area (Å²) in [6.45, 7) is 0. The van der Waals surface area contributed by atoms with Gasteiger partial charge < -0.3 is 10.1 Å². The average molecular weight is 247 g/mol. The van der Waals surface area contributed by atoms with E-state index in [0.29, 0.717) is 0 Å². The van der Waals surface area contributed by atoms with Gasteiger partial charge in [-0.3, -0.25) is 0 Å². The number of nitrogens with one attached hydrogen (secondary N) is 1. The molecule has 2 N–H and O–H groups in total. The molecule has 1 heterocycles. The summed E-state index contributed by atoms with van der Waals surface area (Å²) < 4.78 is 0. The van der Waals surface area contributed by atoms with Crippen LogP contribution in [0.3, 0.4) is 0 Å². The zero-order valence-electron chi connectivity index (χ0n) is 9.78. The molecule has 0 atom stereocenters. The van der Waals surface area contributed by atoms with Gasteiger partial charge in [0.05, 0.1) is 10.6 Å². The predicted molar refractivity (Wildman–Crippen MR) is 72.4 cm³/mol. The predicted octanol–water partition coefficient (Wildman–Crippen LogP) is 3.57. The van der Waals surface area contributed by atoms with Crippen molar-refractivity contribution in [2.75, 3.05) is 5.75 Å². The van der Waals surface area contributed by atoms with E-state index < -0.39 is 5.60 Å². The number of hydrogen-bond acceptors (Lipinski definition) is 2. The van der Waals surface area contributed by atoms with Gasteiger partial charge in [-0.15, -0.1) is 11.8 Å². The lowest BCUT2D eigenvalue weighted by atomic mass is 10.1. The molecule has 1 aliphatic carbocycles. The van der Waals surface area contributed by atoms with Crippen molar-refractivity contribution in [3.63, 3.8) is 0 Å². The van der Waals surface area contributed by atoms with Crippen LogP contribution in [0.2, 0.25) is 0 Å². The molecule has 2 nitrogen and oxygen atoms in total. The highest BCUT2D eigenvalue weighted by Crippen LogP contribution is 2.35. The topological polar surface area (TPSA) is 36.0 Å². The van der Waals surface area contributed by atoms with Crippen LogP contribution >= 0.6 is 11.8 Å². The Bertz CT molecular complexity index is 481. The summed E-state index contributed by atoms with van der Waals surface area (Å²) in [5, 5.41) is 12.7. The Hall–Kier alpha value is -0.930. The van der Waals surface area contributed by atoms with Gasteiger partial charge in [0.15, 0.2) is 0 Å². The Morgan fingerprint density at radius 2 is 2.00 bits per heavy atom. The second kappa shape index (κ2) is 4.39.